The molecule has 0 aliphatic carbocycles. The fraction of sp³-hybridized carbons (Fsp3) is 0.464. The number of carbonyl (C=O) groups excluding carboxylic acids is 3. The summed E-state index contributed by atoms with van der Waals surface area (Å²) in [4.78, 5) is 42.6. The van der Waals surface area contributed by atoms with Crippen LogP contribution in [0, 0.1) is 25.7 Å². The number of ether oxygens (including phenoxy) is 1. The summed E-state index contributed by atoms with van der Waals surface area (Å²) in [6.07, 6.45) is 1.44. The number of likely N-dealkylation sites (tertiary alicyclic amines) is 1. The van der Waals surface area contributed by atoms with E-state index in [0.717, 1.165) is 29.0 Å². The highest BCUT2D eigenvalue weighted by Crippen LogP contribution is 2.66. The number of β-amino-alcohol motifs (C(OH)–C–C–N with tert-alkyl or cyclic N) is 1. The molecule has 3 aliphatic rings. The van der Waals surface area contributed by atoms with Gasteiger partial charge in [-0.3, -0.25) is 14.4 Å². The number of rotatable bonds is 8. The Balaban J connectivity index is 1.42. The Morgan fingerprint density at radius 3 is 2.46 bits per heavy atom. The van der Waals surface area contributed by atoms with Crippen molar-refractivity contribution in [1.29, 1.82) is 0 Å². The van der Waals surface area contributed by atoms with Gasteiger partial charge in [-0.2, -0.15) is 0 Å². The lowest BCUT2D eigenvalue weighted by molar-refractivity contribution is -0.138. The Morgan fingerprint density at radius 1 is 1.11 bits per heavy atom. The number of anilines is 2. The number of nitrogens with zero attached hydrogens (tertiary/aromatic N) is 1. The molecule has 196 valence electrons. The van der Waals surface area contributed by atoms with Crippen molar-refractivity contribution in [2.24, 2.45) is 11.8 Å². The topological polar surface area (TPSA) is 108 Å². The van der Waals surface area contributed by atoms with Crippen LogP contribution in [0.4, 0.5) is 11.4 Å². The number of fused-ring (bicyclic) bond motifs is 1. The number of aliphatic hydroxyl groups is 1. The van der Waals surface area contributed by atoms with Gasteiger partial charge in [-0.15, -0.1) is 11.8 Å². The zero-order valence-electron chi connectivity index (χ0n) is 21.3. The summed E-state index contributed by atoms with van der Waals surface area (Å²) in [7, 11) is 0. The molecule has 9 heteroatoms. The minimum Gasteiger partial charge on any atom is -0.494 e. The molecule has 2 unspecified atom stereocenters. The zero-order valence-corrected chi connectivity index (χ0v) is 22.1. The third kappa shape index (κ3) is 4.28. The number of benzene rings is 2. The molecule has 3 aliphatic heterocycles. The number of para-hydroxylation sites is 1. The van der Waals surface area contributed by atoms with Crippen LogP contribution in [-0.4, -0.2) is 63.5 Å². The Kier molecular flexibility index (Phi) is 6.93. The van der Waals surface area contributed by atoms with Crippen molar-refractivity contribution in [3.63, 3.8) is 0 Å². The van der Waals surface area contributed by atoms with Crippen LogP contribution in [0.25, 0.3) is 0 Å². The molecule has 5 atom stereocenters. The first-order valence-corrected chi connectivity index (χ1v) is 13.7. The monoisotopic (exact) mass is 523 g/mol. The maximum Gasteiger partial charge on any atom is 0.248 e. The molecule has 3 amide bonds. The number of carbonyl (C=O) groups is 3. The van der Waals surface area contributed by atoms with Crippen LogP contribution in [0.15, 0.2) is 42.5 Å². The summed E-state index contributed by atoms with van der Waals surface area (Å²) in [6, 6.07) is 12.2. The Hall–Kier alpha value is -3.04. The van der Waals surface area contributed by atoms with E-state index in [9.17, 15) is 19.5 Å². The molecule has 3 fully saturated rings. The van der Waals surface area contributed by atoms with E-state index in [1.165, 1.54) is 4.90 Å². The first kappa shape index (κ1) is 25.6. The number of thioether (sulfide) groups is 1. The Morgan fingerprint density at radius 2 is 1.81 bits per heavy atom. The molecule has 2 aromatic rings. The van der Waals surface area contributed by atoms with Gasteiger partial charge in [-0.05, 0) is 69.0 Å². The first-order valence-electron chi connectivity index (χ1n) is 12.8. The molecule has 0 radical (unpaired) electrons. The molecule has 1 spiro atoms. The van der Waals surface area contributed by atoms with E-state index in [2.05, 4.69) is 10.6 Å². The number of hydrogen-bond acceptors (Lipinski definition) is 6. The van der Waals surface area contributed by atoms with E-state index in [-0.39, 0.29) is 36.1 Å². The second kappa shape index (κ2) is 10.0. The summed E-state index contributed by atoms with van der Waals surface area (Å²) in [6.45, 7) is 6.14. The average molecular weight is 524 g/mol. The average Bonchev–Trinajstić information content (AvgIpc) is 3.51. The van der Waals surface area contributed by atoms with Crippen molar-refractivity contribution in [2.45, 2.75) is 49.7 Å². The van der Waals surface area contributed by atoms with Gasteiger partial charge in [0.25, 0.3) is 0 Å². The molecule has 5 rings (SSSR count). The standard InChI is InChI=1S/C28H33N3O5S/c1-4-36-19-10-8-18(9-11-19)29-25(33)21-20-12-13-28(37-20)22(21)27(35)31(14-15-32)24(28)26(34)30-23-16(2)6-5-7-17(23)3/h5-11,20-22,24,32H,4,12-15H2,1-3H3,(H,29,33)(H,30,34)/t20-,21+,22-,24?,28?/m0/s1. The van der Waals surface area contributed by atoms with E-state index in [0.29, 0.717) is 18.7 Å². The summed E-state index contributed by atoms with van der Waals surface area (Å²) in [5, 5.41) is 15.8. The van der Waals surface area contributed by atoms with Crippen molar-refractivity contribution in [1.82, 2.24) is 4.90 Å². The van der Waals surface area contributed by atoms with Crippen molar-refractivity contribution in [3.05, 3.63) is 53.6 Å². The summed E-state index contributed by atoms with van der Waals surface area (Å²) < 4.78 is 4.78. The smallest absolute Gasteiger partial charge is 0.248 e. The van der Waals surface area contributed by atoms with Gasteiger partial charge in [0, 0.05) is 23.2 Å². The molecule has 37 heavy (non-hydrogen) atoms. The van der Waals surface area contributed by atoms with Crippen molar-refractivity contribution in [3.8, 4) is 5.75 Å². The molecule has 3 saturated heterocycles. The highest BCUT2D eigenvalue weighted by Gasteiger charge is 2.73. The number of aliphatic hydroxyl groups excluding tert-OH is 1. The van der Waals surface area contributed by atoms with Crippen LogP contribution >= 0.6 is 11.8 Å². The van der Waals surface area contributed by atoms with Gasteiger partial charge >= 0.3 is 0 Å². The second-order valence-corrected chi connectivity index (χ2v) is 11.6. The minimum atomic E-state index is -0.755. The van der Waals surface area contributed by atoms with Gasteiger partial charge in [0.05, 0.1) is 29.8 Å². The number of nitrogens with one attached hydrogen (secondary N) is 2. The van der Waals surface area contributed by atoms with E-state index in [4.69, 9.17) is 4.74 Å². The largest absolute Gasteiger partial charge is 0.494 e. The highest BCUT2D eigenvalue weighted by molar-refractivity contribution is 8.02. The van der Waals surface area contributed by atoms with Crippen LogP contribution in [0.2, 0.25) is 0 Å². The van der Waals surface area contributed by atoms with E-state index < -0.39 is 22.6 Å². The van der Waals surface area contributed by atoms with Crippen LogP contribution in [-0.2, 0) is 14.4 Å². The maximum atomic E-state index is 13.8. The van der Waals surface area contributed by atoms with E-state index in [1.807, 2.05) is 39.0 Å². The van der Waals surface area contributed by atoms with Gasteiger partial charge in [0.2, 0.25) is 17.7 Å². The van der Waals surface area contributed by atoms with Crippen LogP contribution in [0.5, 0.6) is 5.75 Å². The lowest BCUT2D eigenvalue weighted by atomic mass is 9.70. The number of aryl methyl sites for hydroxylation is 2. The van der Waals surface area contributed by atoms with Gasteiger partial charge < -0.3 is 25.4 Å². The predicted molar refractivity (Wildman–Crippen MR) is 144 cm³/mol. The number of amides is 3. The SMILES string of the molecule is CCOc1ccc(NC(=O)[C@@H]2[C@@H]3CCC4(S3)C(C(=O)Nc3c(C)cccc3C)N(CCO)C(=O)[C@H]24)cc1. The molecule has 3 heterocycles. The van der Waals surface area contributed by atoms with Gasteiger partial charge in [0.15, 0.2) is 0 Å². The molecular formula is C28H33N3O5S. The van der Waals surface area contributed by atoms with E-state index in [1.54, 1.807) is 36.0 Å². The molecule has 2 bridgehead atoms. The summed E-state index contributed by atoms with van der Waals surface area (Å²) in [5.74, 6) is -1.13. The molecule has 2 aromatic carbocycles. The molecule has 0 saturated carbocycles. The predicted octanol–water partition coefficient (Wildman–Crippen LogP) is 3.36. The second-order valence-electron chi connectivity index (χ2n) is 10.0. The van der Waals surface area contributed by atoms with E-state index >= 15 is 0 Å². The van der Waals surface area contributed by atoms with Gasteiger partial charge in [-0.25, -0.2) is 0 Å². The minimum absolute atomic E-state index is 0.0385. The van der Waals surface area contributed by atoms with Crippen LogP contribution in [0.3, 0.4) is 0 Å². The summed E-state index contributed by atoms with van der Waals surface area (Å²) >= 11 is 1.61. The fourth-order valence-electron chi connectivity index (χ4n) is 6.33. The lowest BCUT2D eigenvalue weighted by Crippen LogP contribution is -2.52. The normalized spacial score (nSPS) is 27.8. The summed E-state index contributed by atoms with van der Waals surface area (Å²) in [5.41, 5.74) is 3.26. The molecular weight excluding hydrogens is 490 g/mol. The Bertz CT molecular complexity index is 1200. The third-order valence-corrected chi connectivity index (χ3v) is 9.81. The molecule has 3 N–H and O–H groups in total. The number of hydrogen-bond donors (Lipinski definition) is 3. The highest BCUT2D eigenvalue weighted by atomic mass is 32.2. The van der Waals surface area contributed by atoms with Crippen molar-refractivity contribution in [2.75, 3.05) is 30.4 Å². The quantitative estimate of drug-likeness (QED) is 0.490. The fourth-order valence-corrected chi connectivity index (χ4v) is 8.55. The Labute approximate surface area is 221 Å². The van der Waals surface area contributed by atoms with Gasteiger partial charge in [-0.1, -0.05) is 18.2 Å². The van der Waals surface area contributed by atoms with Gasteiger partial charge in [0.1, 0.15) is 11.8 Å². The van der Waals surface area contributed by atoms with Crippen molar-refractivity contribution < 1.29 is 24.2 Å². The zero-order chi connectivity index (χ0) is 26.3. The van der Waals surface area contributed by atoms with Crippen LogP contribution in [0.1, 0.15) is 30.9 Å². The van der Waals surface area contributed by atoms with Crippen molar-refractivity contribution >= 4 is 40.9 Å². The lowest BCUT2D eigenvalue weighted by Gasteiger charge is -2.34. The van der Waals surface area contributed by atoms with Crippen LogP contribution < -0.4 is 15.4 Å². The maximum absolute atomic E-state index is 13.8. The molecule has 8 nitrogen and oxygen atoms in total. The molecule has 0 aromatic heterocycles. The third-order valence-electron chi connectivity index (χ3n) is 7.85. The first-order chi connectivity index (χ1) is 17.8.